The second-order valence-electron chi connectivity index (χ2n) is 7.09. The molecule has 2 atom stereocenters. The van der Waals surface area contributed by atoms with Gasteiger partial charge in [-0.05, 0) is 57.4 Å². The summed E-state index contributed by atoms with van der Waals surface area (Å²) < 4.78 is 32.1. The first-order valence-corrected chi connectivity index (χ1v) is 10.9. The Bertz CT molecular complexity index is 853. The number of sulfonamides is 1. The minimum atomic E-state index is -3.98. The summed E-state index contributed by atoms with van der Waals surface area (Å²) in [5.41, 5.74) is 0.453. The maximum atomic E-state index is 12.4. The van der Waals surface area contributed by atoms with Gasteiger partial charge in [0.15, 0.2) is 6.61 Å². The van der Waals surface area contributed by atoms with E-state index in [1.54, 1.807) is 4.90 Å². The number of esters is 1. The number of amides is 2. The van der Waals surface area contributed by atoms with Gasteiger partial charge >= 0.3 is 5.97 Å². The molecule has 0 spiro atoms. The highest BCUT2D eigenvalue weighted by molar-refractivity contribution is 7.89. The Balaban J connectivity index is 1.90. The fourth-order valence-corrected chi connectivity index (χ4v) is 4.27. The van der Waals surface area contributed by atoms with E-state index in [1.807, 2.05) is 6.92 Å². The zero-order valence-electron chi connectivity index (χ0n) is 16.8. The monoisotopic (exact) mass is 425 g/mol. The first-order chi connectivity index (χ1) is 13.6. The van der Waals surface area contributed by atoms with Gasteiger partial charge < -0.3 is 15.0 Å². The van der Waals surface area contributed by atoms with Crippen LogP contribution in [0.2, 0.25) is 0 Å². The van der Waals surface area contributed by atoms with Gasteiger partial charge in [0.25, 0.3) is 5.91 Å². The van der Waals surface area contributed by atoms with Crippen LogP contribution in [0.5, 0.6) is 0 Å². The fraction of sp³-hybridized carbons (Fsp3) is 0.526. The van der Waals surface area contributed by atoms with Crippen molar-refractivity contribution >= 4 is 33.5 Å². The average molecular weight is 426 g/mol. The lowest BCUT2D eigenvalue weighted by Gasteiger charge is -2.33. The number of nitrogens with zero attached hydrogens (tertiary/aromatic N) is 1. The SMILES string of the molecule is CC(=O)Nc1ccc(S(=O)(=O)N[C@@H](C)C(=O)OCC(=O)N2CCCC[C@@H]2C)cc1. The molecule has 1 saturated heterocycles. The van der Waals surface area contributed by atoms with Crippen molar-refractivity contribution in [2.24, 2.45) is 0 Å². The minimum absolute atomic E-state index is 0.0653. The molecule has 2 N–H and O–H groups in total. The molecule has 2 rings (SSSR count). The Hall–Kier alpha value is -2.46. The molecule has 0 saturated carbocycles. The normalized spacial score (nSPS) is 18.0. The second-order valence-corrected chi connectivity index (χ2v) is 8.80. The molecular formula is C19H27N3O6S. The topological polar surface area (TPSA) is 122 Å². The fourth-order valence-electron chi connectivity index (χ4n) is 3.08. The van der Waals surface area contributed by atoms with Crippen molar-refractivity contribution in [3.8, 4) is 0 Å². The van der Waals surface area contributed by atoms with E-state index >= 15 is 0 Å². The van der Waals surface area contributed by atoms with Crippen molar-refractivity contribution in [1.82, 2.24) is 9.62 Å². The molecule has 0 aromatic heterocycles. The van der Waals surface area contributed by atoms with Crippen LogP contribution in [-0.2, 0) is 29.1 Å². The molecule has 1 aliphatic rings. The summed E-state index contributed by atoms with van der Waals surface area (Å²) in [7, 11) is -3.98. The molecule has 10 heteroatoms. The van der Waals surface area contributed by atoms with Crippen LogP contribution in [0.4, 0.5) is 5.69 Å². The highest BCUT2D eigenvalue weighted by Crippen LogP contribution is 2.17. The van der Waals surface area contributed by atoms with Gasteiger partial charge in [-0.15, -0.1) is 0 Å². The Morgan fingerprint density at radius 3 is 2.45 bits per heavy atom. The largest absolute Gasteiger partial charge is 0.454 e. The molecule has 1 aromatic rings. The van der Waals surface area contributed by atoms with Crippen molar-refractivity contribution in [3.05, 3.63) is 24.3 Å². The summed E-state index contributed by atoms with van der Waals surface area (Å²) >= 11 is 0. The lowest BCUT2D eigenvalue weighted by molar-refractivity contribution is -0.154. The van der Waals surface area contributed by atoms with E-state index in [4.69, 9.17) is 4.74 Å². The summed E-state index contributed by atoms with van der Waals surface area (Å²) in [6, 6.07) is 4.45. The summed E-state index contributed by atoms with van der Waals surface area (Å²) in [5.74, 6) is -1.39. The number of hydrogen-bond acceptors (Lipinski definition) is 6. The lowest BCUT2D eigenvalue weighted by Crippen LogP contribution is -2.45. The van der Waals surface area contributed by atoms with Crippen molar-refractivity contribution in [3.63, 3.8) is 0 Å². The summed E-state index contributed by atoms with van der Waals surface area (Å²) in [6.45, 7) is 4.86. The van der Waals surface area contributed by atoms with E-state index in [0.29, 0.717) is 12.2 Å². The molecule has 1 aromatic carbocycles. The third-order valence-corrected chi connectivity index (χ3v) is 6.19. The van der Waals surface area contributed by atoms with Crippen LogP contribution >= 0.6 is 0 Å². The van der Waals surface area contributed by atoms with Crippen LogP contribution in [0.3, 0.4) is 0 Å². The predicted molar refractivity (Wildman–Crippen MR) is 107 cm³/mol. The maximum absolute atomic E-state index is 12.4. The van der Waals surface area contributed by atoms with Crippen LogP contribution in [0.1, 0.15) is 40.0 Å². The molecule has 0 radical (unpaired) electrons. The number of anilines is 1. The number of benzene rings is 1. The third kappa shape index (κ3) is 6.53. The molecule has 9 nitrogen and oxygen atoms in total. The summed E-state index contributed by atoms with van der Waals surface area (Å²) in [5, 5.41) is 2.54. The van der Waals surface area contributed by atoms with E-state index < -0.39 is 28.6 Å². The van der Waals surface area contributed by atoms with Gasteiger partial charge in [0, 0.05) is 25.2 Å². The Labute approximate surface area is 170 Å². The Morgan fingerprint density at radius 2 is 1.86 bits per heavy atom. The molecule has 1 fully saturated rings. The smallest absolute Gasteiger partial charge is 0.324 e. The number of rotatable bonds is 7. The molecule has 160 valence electrons. The van der Waals surface area contributed by atoms with E-state index in [9.17, 15) is 22.8 Å². The van der Waals surface area contributed by atoms with Crippen molar-refractivity contribution in [1.29, 1.82) is 0 Å². The van der Waals surface area contributed by atoms with Gasteiger partial charge in [0.05, 0.1) is 4.90 Å². The summed E-state index contributed by atoms with van der Waals surface area (Å²) in [6.07, 6.45) is 2.90. The number of ether oxygens (including phenoxy) is 1. The average Bonchev–Trinajstić information content (AvgIpc) is 2.65. The third-order valence-electron chi connectivity index (χ3n) is 4.63. The first-order valence-electron chi connectivity index (χ1n) is 9.46. The molecule has 1 aliphatic heterocycles. The van der Waals surface area contributed by atoms with Crippen LogP contribution < -0.4 is 10.0 Å². The maximum Gasteiger partial charge on any atom is 0.324 e. The molecule has 0 aliphatic carbocycles. The van der Waals surface area contributed by atoms with Crippen molar-refractivity contribution in [2.75, 3.05) is 18.5 Å². The van der Waals surface area contributed by atoms with E-state index in [1.165, 1.54) is 38.1 Å². The second kappa shape index (κ2) is 9.84. The van der Waals surface area contributed by atoms with Gasteiger partial charge in [0.2, 0.25) is 15.9 Å². The number of likely N-dealkylation sites (tertiary alicyclic amines) is 1. The molecule has 2 amide bonds. The Kier molecular flexibility index (Phi) is 7.74. The minimum Gasteiger partial charge on any atom is -0.454 e. The highest BCUT2D eigenvalue weighted by Gasteiger charge is 2.27. The van der Waals surface area contributed by atoms with E-state index in [0.717, 1.165) is 19.3 Å². The quantitative estimate of drug-likeness (QED) is 0.634. The number of nitrogens with one attached hydrogen (secondary N) is 2. The van der Waals surface area contributed by atoms with E-state index in [-0.39, 0.29) is 22.8 Å². The van der Waals surface area contributed by atoms with Gasteiger partial charge in [-0.1, -0.05) is 0 Å². The molecule has 1 heterocycles. The van der Waals surface area contributed by atoms with Crippen LogP contribution in [-0.4, -0.2) is 56.3 Å². The van der Waals surface area contributed by atoms with E-state index in [2.05, 4.69) is 10.0 Å². The first kappa shape index (κ1) is 22.8. The predicted octanol–water partition coefficient (Wildman–Crippen LogP) is 1.26. The van der Waals surface area contributed by atoms with Crippen LogP contribution in [0.25, 0.3) is 0 Å². The molecule has 29 heavy (non-hydrogen) atoms. The zero-order chi connectivity index (χ0) is 21.6. The van der Waals surface area contributed by atoms with Crippen molar-refractivity contribution in [2.45, 2.75) is 57.0 Å². The highest BCUT2D eigenvalue weighted by atomic mass is 32.2. The zero-order valence-corrected chi connectivity index (χ0v) is 17.6. The number of hydrogen-bond donors (Lipinski definition) is 2. The summed E-state index contributed by atoms with van der Waals surface area (Å²) in [4.78, 5) is 37.0. The number of carbonyl (C=O) groups is 3. The number of carbonyl (C=O) groups excluding carboxylic acids is 3. The molecule has 0 unspecified atom stereocenters. The Morgan fingerprint density at radius 1 is 1.21 bits per heavy atom. The standard InChI is InChI=1S/C19H27N3O6S/c1-13-6-4-5-11-22(13)18(24)12-28-19(25)14(2)21-29(26,27)17-9-7-16(8-10-17)20-15(3)23/h7-10,13-14,21H,4-6,11-12H2,1-3H3,(H,20,23)/t13-,14-/m0/s1. The molecule has 0 bridgehead atoms. The van der Waals surface area contributed by atoms with Gasteiger partial charge in [-0.3, -0.25) is 14.4 Å². The molecular weight excluding hydrogens is 398 g/mol. The van der Waals surface area contributed by atoms with Gasteiger partial charge in [0.1, 0.15) is 6.04 Å². The van der Waals surface area contributed by atoms with Crippen molar-refractivity contribution < 1.29 is 27.5 Å². The number of piperidine rings is 1. The van der Waals surface area contributed by atoms with Crippen LogP contribution in [0, 0.1) is 0 Å². The van der Waals surface area contributed by atoms with Crippen LogP contribution in [0.15, 0.2) is 29.2 Å². The lowest BCUT2D eigenvalue weighted by atomic mass is 10.0. The van der Waals surface area contributed by atoms with Gasteiger partial charge in [-0.25, -0.2) is 8.42 Å². The van der Waals surface area contributed by atoms with Gasteiger partial charge in [-0.2, -0.15) is 4.72 Å².